The van der Waals surface area contributed by atoms with Gasteiger partial charge in [-0.15, -0.1) is 0 Å². The van der Waals surface area contributed by atoms with Crippen molar-refractivity contribution in [2.24, 2.45) is 47.3 Å². The summed E-state index contributed by atoms with van der Waals surface area (Å²) in [7, 11) is -1.10. The summed E-state index contributed by atoms with van der Waals surface area (Å²) in [5.41, 5.74) is 5.23. The van der Waals surface area contributed by atoms with E-state index in [0.717, 1.165) is 83.7 Å². The highest BCUT2D eigenvalue weighted by Crippen LogP contribution is 2.28. The maximum absolute atomic E-state index is 12.2. The van der Waals surface area contributed by atoms with E-state index in [1.54, 1.807) is 31.3 Å². The van der Waals surface area contributed by atoms with E-state index in [0.29, 0.717) is 18.0 Å². The molecule has 4 aromatic heterocycles. The molecule has 14 nitrogen and oxygen atoms in total. The highest BCUT2D eigenvalue weighted by atomic mass is 32.2. The summed E-state index contributed by atoms with van der Waals surface area (Å²) in [5, 5.41) is 17.9. The molecule has 0 bridgehead atoms. The number of piperidine rings is 4. The van der Waals surface area contributed by atoms with Crippen molar-refractivity contribution >= 4 is 27.5 Å². The number of benzene rings is 1. The fraction of sp³-hybridized carbons (Fsp3) is 0.671. The van der Waals surface area contributed by atoms with Gasteiger partial charge in [0.25, 0.3) is 5.91 Å². The van der Waals surface area contributed by atoms with Crippen LogP contribution in [0.25, 0.3) is 0 Å². The molecule has 2 aliphatic carbocycles. The van der Waals surface area contributed by atoms with Gasteiger partial charge in [0.2, 0.25) is 0 Å². The topological polar surface area (TPSA) is 160 Å². The number of aliphatic hydroxyl groups is 2. The molecule has 2 saturated carbocycles. The Morgan fingerprint density at radius 3 is 1.56 bits per heavy atom. The third-order valence-electron chi connectivity index (χ3n) is 19.7. The number of aliphatic hydroxyl groups excluding tert-OH is 2. The van der Waals surface area contributed by atoms with Crippen molar-refractivity contribution in [3.8, 4) is 0 Å². The Kier molecular flexibility index (Phi) is 37.2. The number of rotatable bonds is 11. The summed E-state index contributed by atoms with van der Waals surface area (Å²) in [5.74, 6) is 9.36. The molecule has 16 heteroatoms. The Balaban J connectivity index is 0.000000175. The molecule has 8 fully saturated rings. The third kappa shape index (κ3) is 33.3. The van der Waals surface area contributed by atoms with Crippen molar-refractivity contribution in [2.45, 2.75) is 203 Å². The molecule has 6 saturated heterocycles. The van der Waals surface area contributed by atoms with E-state index < -0.39 is 15.9 Å². The van der Waals surface area contributed by atoms with E-state index in [9.17, 15) is 13.2 Å². The number of furan rings is 1. The maximum Gasteiger partial charge on any atom is 0.253 e. The summed E-state index contributed by atoms with van der Waals surface area (Å²) < 4.78 is 26.7. The van der Waals surface area contributed by atoms with Crippen LogP contribution in [-0.4, -0.2) is 165 Å². The van der Waals surface area contributed by atoms with E-state index in [4.69, 9.17) is 14.6 Å². The van der Waals surface area contributed by atoms with Gasteiger partial charge in [0.05, 0.1) is 54.5 Å². The molecule has 0 spiro atoms. The van der Waals surface area contributed by atoms with Crippen molar-refractivity contribution in [3.63, 3.8) is 0 Å². The Hall–Kier alpha value is -4.52. The van der Waals surface area contributed by atoms with Crippen molar-refractivity contribution in [1.82, 2.24) is 39.5 Å². The Labute approximate surface area is 580 Å². The molecule has 1 aromatic carbocycles. The van der Waals surface area contributed by atoms with Crippen LogP contribution in [-0.2, 0) is 36.0 Å². The zero-order valence-corrected chi connectivity index (χ0v) is 61.8. The molecule has 2 N–H and O–H groups in total. The van der Waals surface area contributed by atoms with Crippen molar-refractivity contribution in [2.75, 3.05) is 89.0 Å². The lowest BCUT2D eigenvalue weighted by atomic mass is 9.91. The molecular weight excluding hydrogens is 1220 g/mol. The second kappa shape index (κ2) is 44.5. The van der Waals surface area contributed by atoms with Gasteiger partial charge in [0.1, 0.15) is 5.76 Å². The number of carbonyl (C=O) groups excluding carboxylic acids is 1. The molecule has 13 rings (SSSR count). The van der Waals surface area contributed by atoms with Gasteiger partial charge < -0.3 is 24.4 Å². The molecule has 8 aliphatic rings. The van der Waals surface area contributed by atoms with E-state index in [1.807, 2.05) is 97.9 Å². The van der Waals surface area contributed by atoms with Crippen LogP contribution in [0.1, 0.15) is 196 Å². The van der Waals surface area contributed by atoms with Crippen LogP contribution in [0, 0.1) is 54.3 Å². The average Bonchev–Trinajstić information content (AvgIpc) is 1.81. The van der Waals surface area contributed by atoms with Gasteiger partial charge >= 0.3 is 0 Å². The normalized spacial score (nSPS) is 25.6. The van der Waals surface area contributed by atoms with Crippen molar-refractivity contribution in [1.29, 1.82) is 0 Å². The van der Waals surface area contributed by atoms with Gasteiger partial charge in [0, 0.05) is 89.0 Å². The second-order valence-corrected chi connectivity index (χ2v) is 32.9. The number of nitrogens with zero attached hydrogens (tertiary/aromatic N) is 8. The first-order chi connectivity index (χ1) is 45.7. The van der Waals surface area contributed by atoms with Crippen molar-refractivity contribution in [3.05, 3.63) is 150 Å². The Bertz CT molecular complexity index is 2800. The number of likely N-dealkylation sites (tertiary alicyclic amines) is 4. The summed E-state index contributed by atoms with van der Waals surface area (Å²) >= 11 is 1.84. The number of pyridine rings is 3. The molecule has 95 heavy (non-hydrogen) atoms. The lowest BCUT2D eigenvalue weighted by Gasteiger charge is -2.32. The number of sulfone groups is 1. The van der Waals surface area contributed by atoms with Gasteiger partial charge in [-0.1, -0.05) is 129 Å². The summed E-state index contributed by atoms with van der Waals surface area (Å²) in [4.78, 5) is 36.8. The largest absolute Gasteiger partial charge is 0.468 e. The molecule has 5 aromatic rings. The average molecular weight is 1350 g/mol. The molecule has 1 amide bonds. The fourth-order valence-electron chi connectivity index (χ4n) is 14.2. The van der Waals surface area contributed by atoms with E-state index in [-0.39, 0.29) is 29.4 Å². The quantitative estimate of drug-likeness (QED) is 0.129. The van der Waals surface area contributed by atoms with Crippen LogP contribution in [0.15, 0.2) is 120 Å². The number of carbonyl (C=O) groups is 1. The Morgan fingerprint density at radius 1 is 0.558 bits per heavy atom. The molecule has 6 aliphatic heterocycles. The Morgan fingerprint density at radius 2 is 1.12 bits per heavy atom. The standard InChI is InChI=1S/C15H16N2O.2C12H18N2.C12H23N.C11H17NO.C7H14.C5H10O3S.C5H10OS/c1-12-6-5-7-13(10-12)15(18)17(2)11-14-8-3-4-9-16-14;1-11-4-3-7-14(9-11)10-12-5-2-6-13-8-12;1-11-5-4-8-14(9-11)10-12-6-2-3-7-13-12;1-11-5-4-8-13(9-11)10-12-6-2-3-7-12;1-10-4-2-6-12(8-10)9-11-5-3-7-13-11;1-7-5-3-2-4-6-7;1-4-2-9(7,8)3-5(4)6;1-4-2-7-3-5(4)6/h3-10H,11H2,1-2H3;2,5-6,8,11H,3-4,7,9-10H2,1H3;2-3,6-7,11H,4-5,8-10H2,1H3;11-12H,2-10H2,1H3;3,5,7,10H,2,4,6,8-9H2,1H3;7H,2-6H2,1H3;4-6H,2-3H2,1H3;4-6H,2-3H2,1H3. The lowest BCUT2D eigenvalue weighted by Crippen LogP contribution is -2.37. The van der Waals surface area contributed by atoms with Crippen LogP contribution >= 0.6 is 11.8 Å². The number of aromatic nitrogens is 3. The molecule has 8 unspecified atom stereocenters. The number of hydrogen-bond donors (Lipinski definition) is 2. The van der Waals surface area contributed by atoms with E-state index in [2.05, 4.69) is 100 Å². The minimum absolute atomic E-state index is 0.0179. The maximum atomic E-state index is 12.2. The van der Waals surface area contributed by atoms with Crippen LogP contribution in [0.4, 0.5) is 0 Å². The van der Waals surface area contributed by atoms with Crippen LogP contribution < -0.4 is 0 Å². The predicted molar refractivity (Wildman–Crippen MR) is 395 cm³/mol. The second-order valence-electron chi connectivity index (χ2n) is 29.7. The molecule has 8 atom stereocenters. The van der Waals surface area contributed by atoms with E-state index >= 15 is 0 Å². The molecule has 10 heterocycles. The zero-order valence-electron chi connectivity index (χ0n) is 60.2. The van der Waals surface area contributed by atoms with Gasteiger partial charge in [-0.3, -0.25) is 34.4 Å². The minimum atomic E-state index is -2.89. The summed E-state index contributed by atoms with van der Waals surface area (Å²) in [6.07, 6.45) is 33.0. The lowest BCUT2D eigenvalue weighted by molar-refractivity contribution is 0.0783. The number of amides is 1. The highest BCUT2D eigenvalue weighted by molar-refractivity contribution is 7.99. The van der Waals surface area contributed by atoms with Gasteiger partial charge in [0.15, 0.2) is 9.84 Å². The van der Waals surface area contributed by atoms with Crippen LogP contribution in [0.5, 0.6) is 0 Å². The fourth-order valence-corrected chi connectivity index (χ4v) is 17.5. The molecule has 530 valence electrons. The molecule has 0 radical (unpaired) electrons. The smallest absolute Gasteiger partial charge is 0.253 e. The summed E-state index contributed by atoms with van der Waals surface area (Å²) in [6.45, 7) is 32.7. The first kappa shape index (κ1) is 79.5. The number of thioether (sulfide) groups is 1. The summed E-state index contributed by atoms with van der Waals surface area (Å²) in [6, 6.07) is 27.7. The molecular formula is C79H126N8O6S2. The predicted octanol–water partition coefficient (Wildman–Crippen LogP) is 15.4. The van der Waals surface area contributed by atoms with Gasteiger partial charge in [-0.25, -0.2) is 8.42 Å². The number of hydrogen-bond acceptors (Lipinski definition) is 14. The number of aryl methyl sites for hydroxylation is 1. The van der Waals surface area contributed by atoms with Gasteiger partial charge in [-0.05, 0) is 211 Å². The first-order valence-electron chi connectivity index (χ1n) is 36.8. The van der Waals surface area contributed by atoms with Crippen LogP contribution in [0.3, 0.4) is 0 Å². The van der Waals surface area contributed by atoms with Crippen molar-refractivity contribution < 1.29 is 27.8 Å². The highest BCUT2D eigenvalue weighted by Gasteiger charge is 2.33. The van der Waals surface area contributed by atoms with Gasteiger partial charge in [-0.2, -0.15) is 11.8 Å². The first-order valence-corrected chi connectivity index (χ1v) is 39.8. The SMILES string of the molecule is CC1CCCCC1.CC1CCCN(CC2CCCC2)C1.CC1CCCN(Cc2ccccn2)C1.CC1CCCN(Cc2cccnc2)C1.CC1CCCN(Cc2ccco2)C1.CC1CS(=O)(=O)CC1O.CC1CSCC1O.Cc1cccc(C(=O)N(C)Cc2ccccn2)c1. The minimum Gasteiger partial charge on any atom is -0.468 e. The third-order valence-corrected chi connectivity index (χ3v) is 22.9. The van der Waals surface area contributed by atoms with Crippen LogP contribution in [0.2, 0.25) is 0 Å². The zero-order chi connectivity index (χ0) is 68.2. The monoisotopic (exact) mass is 1350 g/mol. The van der Waals surface area contributed by atoms with E-state index in [1.165, 1.54) is 179 Å².